The van der Waals surface area contributed by atoms with Gasteiger partial charge in [-0.1, -0.05) is 170 Å². The van der Waals surface area contributed by atoms with Crippen LogP contribution in [0.2, 0.25) is 0 Å². The van der Waals surface area contributed by atoms with Gasteiger partial charge in [-0.2, -0.15) is 0 Å². The number of benzene rings is 8. The largest absolute Gasteiger partial charge is 0.311 e. The lowest BCUT2D eigenvalue weighted by Crippen LogP contribution is -2.09. The molecule has 0 aromatic heterocycles. The average molecular weight is 626 g/mol. The molecular formula is C48H35N. The molecule has 0 bridgehead atoms. The molecule has 0 radical (unpaired) electrons. The standard InChI is InChI=1S/C48H35N/c1-5-13-36(14-6-1)38-21-23-42(24-22-38)47-34-29-43(35-48(47)41-17-9-3-10-18-41)40-27-32-46(33-28-40)49(44-19-11-4-12-20-44)45-30-25-39(26-31-45)37-15-7-2-8-16-37/h1-35H. The van der Waals surface area contributed by atoms with Crippen molar-refractivity contribution < 1.29 is 0 Å². The smallest absolute Gasteiger partial charge is 0.0462 e. The molecule has 1 nitrogen and oxygen atoms in total. The van der Waals surface area contributed by atoms with Gasteiger partial charge in [0.2, 0.25) is 0 Å². The third-order valence-corrected chi connectivity index (χ3v) is 9.11. The SMILES string of the molecule is c1ccc(-c2ccc(-c3ccc(-c4ccc(N(c5ccccc5)c5ccc(-c6ccccc6)cc5)cc4)cc3-c3ccccc3)cc2)cc1. The Labute approximate surface area is 289 Å². The maximum Gasteiger partial charge on any atom is 0.0462 e. The minimum atomic E-state index is 1.11. The van der Waals surface area contributed by atoms with Crippen molar-refractivity contribution in [1.29, 1.82) is 0 Å². The predicted octanol–water partition coefficient (Wildman–Crippen LogP) is 13.5. The molecule has 0 aliphatic rings. The van der Waals surface area contributed by atoms with Gasteiger partial charge in [0.05, 0.1) is 0 Å². The van der Waals surface area contributed by atoms with Gasteiger partial charge in [0.15, 0.2) is 0 Å². The molecule has 0 amide bonds. The highest BCUT2D eigenvalue weighted by atomic mass is 15.1. The third-order valence-electron chi connectivity index (χ3n) is 9.11. The van der Waals surface area contributed by atoms with Crippen LogP contribution < -0.4 is 4.90 Å². The Balaban J connectivity index is 1.14. The van der Waals surface area contributed by atoms with Gasteiger partial charge in [0, 0.05) is 17.1 Å². The number of hydrogen-bond acceptors (Lipinski definition) is 1. The lowest BCUT2D eigenvalue weighted by atomic mass is 9.90. The van der Waals surface area contributed by atoms with Crippen molar-refractivity contribution in [2.24, 2.45) is 0 Å². The number of hydrogen-bond donors (Lipinski definition) is 0. The van der Waals surface area contributed by atoms with E-state index in [0.29, 0.717) is 0 Å². The predicted molar refractivity (Wildman–Crippen MR) is 208 cm³/mol. The second-order valence-electron chi connectivity index (χ2n) is 12.2. The Kier molecular flexibility index (Phi) is 8.39. The van der Waals surface area contributed by atoms with Gasteiger partial charge in [-0.3, -0.25) is 0 Å². The van der Waals surface area contributed by atoms with E-state index < -0.39 is 0 Å². The normalized spacial score (nSPS) is 10.9. The lowest BCUT2D eigenvalue weighted by molar-refractivity contribution is 1.28. The zero-order chi connectivity index (χ0) is 32.8. The average Bonchev–Trinajstić information content (AvgIpc) is 3.20. The quantitative estimate of drug-likeness (QED) is 0.162. The van der Waals surface area contributed by atoms with Gasteiger partial charge < -0.3 is 4.90 Å². The highest BCUT2D eigenvalue weighted by Crippen LogP contribution is 2.39. The molecule has 49 heavy (non-hydrogen) atoms. The maximum absolute atomic E-state index is 2.34. The first kappa shape index (κ1) is 29.9. The minimum Gasteiger partial charge on any atom is -0.311 e. The van der Waals surface area contributed by atoms with Gasteiger partial charge in [-0.05, 0) is 98.1 Å². The molecule has 8 aromatic rings. The fourth-order valence-corrected chi connectivity index (χ4v) is 6.57. The van der Waals surface area contributed by atoms with Gasteiger partial charge in [0.25, 0.3) is 0 Å². The fraction of sp³-hybridized carbons (Fsp3) is 0. The van der Waals surface area contributed by atoms with Crippen molar-refractivity contribution in [2.75, 3.05) is 4.90 Å². The van der Waals surface area contributed by atoms with Gasteiger partial charge in [0.1, 0.15) is 0 Å². The monoisotopic (exact) mass is 625 g/mol. The van der Waals surface area contributed by atoms with Gasteiger partial charge in [-0.15, -0.1) is 0 Å². The molecule has 0 heterocycles. The first-order valence-electron chi connectivity index (χ1n) is 16.8. The molecule has 0 N–H and O–H groups in total. The second kappa shape index (κ2) is 13.7. The Morgan fingerprint density at radius 2 is 0.510 bits per heavy atom. The summed E-state index contributed by atoms with van der Waals surface area (Å²) in [5.74, 6) is 0. The molecule has 232 valence electrons. The van der Waals surface area contributed by atoms with Crippen LogP contribution in [-0.2, 0) is 0 Å². The van der Waals surface area contributed by atoms with Crippen LogP contribution in [0.5, 0.6) is 0 Å². The molecule has 0 spiro atoms. The van der Waals surface area contributed by atoms with Crippen molar-refractivity contribution in [2.45, 2.75) is 0 Å². The van der Waals surface area contributed by atoms with Crippen LogP contribution in [0.15, 0.2) is 212 Å². The fourth-order valence-electron chi connectivity index (χ4n) is 6.57. The van der Waals surface area contributed by atoms with Gasteiger partial charge in [-0.25, -0.2) is 0 Å². The number of nitrogens with zero attached hydrogens (tertiary/aromatic N) is 1. The topological polar surface area (TPSA) is 3.24 Å². The summed E-state index contributed by atoms with van der Waals surface area (Å²) >= 11 is 0. The van der Waals surface area contributed by atoms with Crippen molar-refractivity contribution in [3.05, 3.63) is 212 Å². The molecule has 0 fully saturated rings. The highest BCUT2D eigenvalue weighted by Gasteiger charge is 2.14. The summed E-state index contributed by atoms with van der Waals surface area (Å²) in [5.41, 5.74) is 15.4. The van der Waals surface area contributed by atoms with Crippen molar-refractivity contribution in [3.63, 3.8) is 0 Å². The van der Waals surface area contributed by atoms with Crippen LogP contribution >= 0.6 is 0 Å². The Morgan fingerprint density at radius 3 is 1.00 bits per heavy atom. The molecule has 1 heteroatoms. The van der Waals surface area contributed by atoms with Crippen molar-refractivity contribution in [3.8, 4) is 55.6 Å². The molecule has 0 saturated carbocycles. The van der Waals surface area contributed by atoms with E-state index >= 15 is 0 Å². The second-order valence-corrected chi connectivity index (χ2v) is 12.2. The van der Waals surface area contributed by atoms with E-state index in [1.807, 2.05) is 0 Å². The summed E-state index contributed by atoms with van der Waals surface area (Å²) in [5, 5.41) is 0. The Bertz CT molecular complexity index is 2260. The zero-order valence-corrected chi connectivity index (χ0v) is 27.2. The van der Waals surface area contributed by atoms with Crippen LogP contribution in [0.4, 0.5) is 17.1 Å². The Hall–Kier alpha value is -6.44. The summed E-state index contributed by atoms with van der Waals surface area (Å²) in [6.07, 6.45) is 0. The molecule has 0 saturated heterocycles. The summed E-state index contributed by atoms with van der Waals surface area (Å²) < 4.78 is 0. The molecule has 0 atom stereocenters. The molecule has 8 rings (SSSR count). The van der Waals surface area contributed by atoms with Crippen LogP contribution in [0.3, 0.4) is 0 Å². The molecule has 0 unspecified atom stereocenters. The summed E-state index contributed by atoms with van der Waals surface area (Å²) in [6.45, 7) is 0. The third kappa shape index (κ3) is 6.43. The Morgan fingerprint density at radius 1 is 0.204 bits per heavy atom. The van der Waals surface area contributed by atoms with E-state index in [-0.39, 0.29) is 0 Å². The van der Waals surface area contributed by atoms with Crippen LogP contribution in [0.1, 0.15) is 0 Å². The number of para-hydroxylation sites is 1. The first-order valence-corrected chi connectivity index (χ1v) is 16.8. The van der Waals surface area contributed by atoms with Gasteiger partial charge >= 0.3 is 0 Å². The zero-order valence-electron chi connectivity index (χ0n) is 27.2. The summed E-state index contributed by atoms with van der Waals surface area (Å²) in [6, 6.07) is 75.9. The van der Waals surface area contributed by atoms with Crippen molar-refractivity contribution in [1.82, 2.24) is 0 Å². The van der Waals surface area contributed by atoms with E-state index in [0.717, 1.165) is 17.1 Å². The minimum absolute atomic E-state index is 1.11. The number of anilines is 3. The summed E-state index contributed by atoms with van der Waals surface area (Å²) in [7, 11) is 0. The van der Waals surface area contributed by atoms with E-state index in [1.165, 1.54) is 55.6 Å². The van der Waals surface area contributed by atoms with E-state index in [9.17, 15) is 0 Å². The molecule has 0 aliphatic carbocycles. The van der Waals surface area contributed by atoms with Crippen LogP contribution in [0, 0.1) is 0 Å². The van der Waals surface area contributed by atoms with Crippen molar-refractivity contribution >= 4 is 17.1 Å². The molecule has 0 aliphatic heterocycles. The summed E-state index contributed by atoms with van der Waals surface area (Å²) in [4.78, 5) is 2.32. The van der Waals surface area contributed by atoms with E-state index in [1.54, 1.807) is 0 Å². The highest BCUT2D eigenvalue weighted by molar-refractivity contribution is 5.88. The lowest BCUT2D eigenvalue weighted by Gasteiger charge is -2.26. The number of rotatable bonds is 8. The van der Waals surface area contributed by atoms with Crippen LogP contribution in [0.25, 0.3) is 55.6 Å². The van der Waals surface area contributed by atoms with E-state index in [2.05, 4.69) is 217 Å². The molecular weight excluding hydrogens is 591 g/mol. The van der Waals surface area contributed by atoms with E-state index in [4.69, 9.17) is 0 Å². The molecule has 8 aromatic carbocycles. The van der Waals surface area contributed by atoms with Crippen LogP contribution in [-0.4, -0.2) is 0 Å². The first-order chi connectivity index (χ1) is 24.3. The maximum atomic E-state index is 2.34.